The quantitative estimate of drug-likeness (QED) is 0.0151. The number of nitro benzene ring substituents is 1. The summed E-state index contributed by atoms with van der Waals surface area (Å²) in [4.78, 5) is 88.4. The number of piperazine rings is 1. The molecule has 3 aliphatic heterocycles. The molecule has 2 saturated heterocycles. The molecule has 11 rings (SSSR count). The molecule has 0 saturated carbocycles. The molecule has 544 valence electrons. The molecule has 102 heavy (non-hydrogen) atoms. The van der Waals surface area contributed by atoms with Crippen LogP contribution in [0.2, 0.25) is 5.02 Å². The fraction of sp³-hybridized carbons (Fsp3) is 0.459. The molecular formula is C74H91ClN12O13S2. The third-order valence-electron chi connectivity index (χ3n) is 19.1. The molecule has 2 fully saturated rings. The van der Waals surface area contributed by atoms with E-state index in [-0.39, 0.29) is 88.3 Å². The molecule has 7 aromatic rings. The van der Waals surface area contributed by atoms with Crippen molar-refractivity contribution >= 4 is 102 Å². The van der Waals surface area contributed by atoms with Gasteiger partial charge in [-0.2, -0.15) is 4.98 Å². The normalized spacial score (nSPS) is 17.9. The lowest BCUT2D eigenvalue weighted by atomic mass is 9.72. The van der Waals surface area contributed by atoms with Crippen LogP contribution in [-0.2, 0) is 38.6 Å². The van der Waals surface area contributed by atoms with Gasteiger partial charge in [-0.1, -0.05) is 88.2 Å². The number of amides is 4. The van der Waals surface area contributed by atoms with Crippen molar-refractivity contribution in [2.75, 3.05) is 114 Å². The highest BCUT2D eigenvalue weighted by atomic mass is 35.5. The summed E-state index contributed by atoms with van der Waals surface area (Å²) in [6, 6.07) is 26.2. The first-order valence-electron chi connectivity index (χ1n) is 34.7. The number of hydrogen-bond acceptors (Lipinski definition) is 20. The predicted molar refractivity (Wildman–Crippen MR) is 394 cm³/mol. The van der Waals surface area contributed by atoms with Gasteiger partial charge >= 0.3 is 0 Å². The topological polar surface area (TPSA) is 305 Å². The summed E-state index contributed by atoms with van der Waals surface area (Å²) < 4.78 is 53.7. The van der Waals surface area contributed by atoms with E-state index in [2.05, 4.69) is 66.4 Å². The van der Waals surface area contributed by atoms with Crippen LogP contribution >= 0.6 is 22.9 Å². The minimum Gasteiger partial charge on any atom is -0.476 e. The van der Waals surface area contributed by atoms with Gasteiger partial charge in [0.05, 0.1) is 95.5 Å². The molecule has 0 spiro atoms. The van der Waals surface area contributed by atoms with Crippen molar-refractivity contribution in [2.45, 2.75) is 116 Å². The van der Waals surface area contributed by atoms with Gasteiger partial charge in [0.1, 0.15) is 29.1 Å². The molecule has 3 aromatic heterocycles. The first-order chi connectivity index (χ1) is 48.8. The van der Waals surface area contributed by atoms with Gasteiger partial charge in [0.15, 0.2) is 0 Å². The molecule has 0 unspecified atom stereocenters. The van der Waals surface area contributed by atoms with Crippen molar-refractivity contribution < 1.29 is 56.6 Å². The van der Waals surface area contributed by atoms with E-state index in [1.54, 1.807) is 29.1 Å². The Hall–Kier alpha value is -8.54. The van der Waals surface area contributed by atoms with Crippen molar-refractivity contribution in [3.63, 3.8) is 0 Å². The fourth-order valence-electron chi connectivity index (χ4n) is 13.5. The van der Waals surface area contributed by atoms with Crippen LogP contribution in [0.15, 0.2) is 119 Å². The SMILES string of the molecule is Cc1ncsc1-c1ccc([C@H](C)NC(=O)[C@@H]2C[C@@H](O)CN2C(=O)[C@@H](NC(=O)CCOCCOCCOCCNc2ccc(S(=O)(=O)NC(=O)c3ccc(N4CCN(CC5=C(c6ccc(Cl)cc6)CC(C)(C)CC5)CC4)cc3N3CCCOc4nc5[nH]ccc5cc43)cc2[N+](=O)[O-])C(C)(C)C)cc1. The summed E-state index contributed by atoms with van der Waals surface area (Å²) in [6.07, 6.45) is 4.55. The molecule has 25 nitrogen and oxygen atoms in total. The second-order valence-electron chi connectivity index (χ2n) is 28.2. The lowest BCUT2D eigenvalue weighted by Gasteiger charge is -2.39. The molecule has 0 radical (unpaired) electrons. The number of nitrogens with zero attached hydrogens (tertiary/aromatic N) is 7. The number of fused-ring (bicyclic) bond motifs is 2. The lowest BCUT2D eigenvalue weighted by Crippen LogP contribution is -2.58. The number of carbonyl (C=O) groups is 4. The fourth-order valence-corrected chi connectivity index (χ4v) is 15.4. The third-order valence-corrected chi connectivity index (χ3v) is 21.7. The smallest absolute Gasteiger partial charge is 0.293 e. The first kappa shape index (κ1) is 74.6. The number of anilines is 4. The van der Waals surface area contributed by atoms with Crippen LogP contribution < -0.4 is 35.2 Å². The van der Waals surface area contributed by atoms with Crippen LogP contribution in [0.3, 0.4) is 0 Å². The Bertz CT molecular complexity index is 4310. The number of allylic oxidation sites excluding steroid dienone is 1. The van der Waals surface area contributed by atoms with Gasteiger partial charge < -0.3 is 59.7 Å². The van der Waals surface area contributed by atoms with E-state index in [1.807, 2.05) is 100 Å². The Morgan fingerprint density at radius 3 is 2.30 bits per heavy atom. The molecule has 6 N–H and O–H groups in total. The third kappa shape index (κ3) is 18.4. The number of rotatable bonds is 28. The largest absolute Gasteiger partial charge is 0.476 e. The van der Waals surface area contributed by atoms with Crippen LogP contribution in [0.5, 0.6) is 5.88 Å². The molecule has 4 aromatic carbocycles. The number of aryl methyl sites for hydroxylation is 1. The minimum absolute atomic E-state index is 0.0341. The van der Waals surface area contributed by atoms with Gasteiger partial charge in [-0.25, -0.2) is 18.1 Å². The number of aliphatic hydroxyl groups is 1. The van der Waals surface area contributed by atoms with Crippen molar-refractivity contribution in [3.8, 4) is 16.3 Å². The Balaban J connectivity index is 0.635. The Morgan fingerprint density at radius 1 is 0.882 bits per heavy atom. The van der Waals surface area contributed by atoms with Gasteiger partial charge in [-0.05, 0) is 127 Å². The number of thiazole rings is 1. The monoisotopic (exact) mass is 1450 g/mol. The number of likely N-dealkylation sites (tertiary alicyclic amines) is 1. The Labute approximate surface area is 603 Å². The van der Waals surface area contributed by atoms with Gasteiger partial charge in [0, 0.05) is 93.6 Å². The van der Waals surface area contributed by atoms with Crippen LogP contribution in [0, 0.1) is 27.9 Å². The van der Waals surface area contributed by atoms with Crippen LogP contribution in [0.25, 0.3) is 27.0 Å². The molecule has 28 heteroatoms. The molecular weight excluding hydrogens is 1360 g/mol. The average Bonchev–Trinajstić information content (AvgIpc) is 1.29. The van der Waals surface area contributed by atoms with Gasteiger partial charge in [-0.3, -0.25) is 34.2 Å². The number of nitrogens with one attached hydrogen (secondary N) is 5. The zero-order chi connectivity index (χ0) is 72.5. The predicted octanol–water partition coefficient (Wildman–Crippen LogP) is 10.6. The number of aromatic amines is 1. The lowest BCUT2D eigenvalue weighted by molar-refractivity contribution is -0.384. The van der Waals surface area contributed by atoms with Gasteiger partial charge in [0.2, 0.25) is 23.6 Å². The number of sulfonamides is 1. The zero-order valence-corrected chi connectivity index (χ0v) is 61.1. The second kappa shape index (κ2) is 32.8. The molecule has 4 aliphatic rings. The number of halogens is 1. The summed E-state index contributed by atoms with van der Waals surface area (Å²) >= 11 is 7.86. The maximum atomic E-state index is 14.6. The standard InChI is InChI=1S/C74H91ClN12O13S2/c1-47(49-9-11-51(12-10-49)66-48(2)78-46-101-66)79-70(91)63-41-56(88)45-86(63)72(92)67(73(3,4)5)80-65(89)23-33-97-35-37-99-38-36-98-34-26-76-60-20-18-57(42-62(60)87(93)94)102(95,96)82-69(90)58-19-17-55(40-61(58)85-27-8-32-100-71-64(85)39-52-22-25-77-68(52)81-71)84-30-28-83(29-31-84)44-53-21-24-74(6,7)43-59(53)50-13-15-54(75)16-14-50/h9-20,22,25,39-40,42,46-47,56,63,67,76,88H,8,21,23-24,26-38,41,43-45H2,1-7H3,(H,77,81)(H,79,91)(H,80,89)(H,82,90)/t47-,56+,63-,67+/m0/s1. The van der Waals surface area contributed by atoms with E-state index in [9.17, 15) is 42.8 Å². The summed E-state index contributed by atoms with van der Waals surface area (Å²) in [5.41, 5.74) is 10.2. The maximum absolute atomic E-state index is 14.6. The number of aliphatic hydroxyl groups excluding tert-OH is 1. The number of carbonyl (C=O) groups excluding carboxylic acids is 4. The summed E-state index contributed by atoms with van der Waals surface area (Å²) in [5.74, 6) is -1.88. The first-order valence-corrected chi connectivity index (χ1v) is 37.4. The number of pyridine rings is 1. The highest BCUT2D eigenvalue weighted by molar-refractivity contribution is 7.90. The van der Waals surface area contributed by atoms with E-state index < -0.39 is 72.8 Å². The van der Waals surface area contributed by atoms with Gasteiger partial charge in [-0.15, -0.1) is 11.3 Å². The molecule has 0 bridgehead atoms. The number of aromatic nitrogens is 3. The molecule has 6 heterocycles. The van der Waals surface area contributed by atoms with E-state index >= 15 is 0 Å². The molecule has 4 atom stereocenters. The number of β-amino-alcohol motifs (C(OH)–C–C–N with tert-alkyl or cyclic N) is 1. The van der Waals surface area contributed by atoms with Crippen LogP contribution in [0.1, 0.15) is 113 Å². The van der Waals surface area contributed by atoms with Gasteiger partial charge in [0.25, 0.3) is 21.6 Å². The van der Waals surface area contributed by atoms with Crippen molar-refractivity contribution in [2.24, 2.45) is 10.8 Å². The number of nitro groups is 1. The van der Waals surface area contributed by atoms with E-state index in [4.69, 9.17) is 35.5 Å². The van der Waals surface area contributed by atoms with E-state index in [0.29, 0.717) is 60.6 Å². The van der Waals surface area contributed by atoms with E-state index in [0.717, 1.165) is 77.7 Å². The average molecular weight is 1460 g/mol. The summed E-state index contributed by atoms with van der Waals surface area (Å²) in [5, 5.41) is 33.5. The highest BCUT2D eigenvalue weighted by Gasteiger charge is 2.45. The highest BCUT2D eigenvalue weighted by Crippen LogP contribution is 2.45. The number of benzene rings is 4. The Kier molecular flexibility index (Phi) is 24.0. The van der Waals surface area contributed by atoms with Crippen molar-refractivity contribution in [1.82, 2.24) is 40.1 Å². The Morgan fingerprint density at radius 2 is 1.60 bits per heavy atom. The number of hydrogen-bond donors (Lipinski definition) is 6. The zero-order valence-electron chi connectivity index (χ0n) is 58.7. The molecule has 1 aliphatic carbocycles. The molecule has 4 amide bonds. The van der Waals surface area contributed by atoms with Crippen LogP contribution in [-0.4, -0.2) is 184 Å². The number of ether oxygens (including phenoxy) is 4. The maximum Gasteiger partial charge on any atom is 0.293 e. The summed E-state index contributed by atoms with van der Waals surface area (Å²) in [7, 11) is -4.69. The van der Waals surface area contributed by atoms with E-state index in [1.165, 1.54) is 33.7 Å². The van der Waals surface area contributed by atoms with Crippen LogP contribution in [0.4, 0.5) is 28.4 Å². The second-order valence-corrected chi connectivity index (χ2v) is 31.2. The van der Waals surface area contributed by atoms with Crippen molar-refractivity contribution in [3.05, 3.63) is 152 Å². The van der Waals surface area contributed by atoms with Crippen molar-refractivity contribution in [1.29, 1.82) is 0 Å². The number of H-pyrrole nitrogens is 1. The summed E-state index contributed by atoms with van der Waals surface area (Å²) in [6.45, 7) is 19.4. The minimum atomic E-state index is -4.69.